The molecule has 0 bridgehead atoms. The summed E-state index contributed by atoms with van der Waals surface area (Å²) >= 11 is 1.36. The lowest BCUT2D eigenvalue weighted by Gasteiger charge is -2.10. The molecule has 0 unspecified atom stereocenters. The maximum absolute atomic E-state index is 12.1. The average molecular weight is 314 g/mol. The van der Waals surface area contributed by atoms with Gasteiger partial charge in [-0.2, -0.15) is 0 Å². The first kappa shape index (κ1) is 14.3. The third-order valence-electron chi connectivity index (χ3n) is 3.18. The number of hydrogen-bond acceptors (Lipinski definition) is 4. The van der Waals surface area contributed by atoms with Crippen molar-refractivity contribution in [2.24, 2.45) is 7.05 Å². The monoisotopic (exact) mass is 314 g/mol. The van der Waals surface area contributed by atoms with Crippen LogP contribution in [0.2, 0.25) is 0 Å². The van der Waals surface area contributed by atoms with E-state index in [1.165, 1.54) is 15.9 Å². The molecule has 2 heterocycles. The number of nitrogens with one attached hydrogen (secondary N) is 2. The van der Waals surface area contributed by atoms with Crippen LogP contribution < -0.4 is 16.2 Å². The second-order valence-corrected chi connectivity index (χ2v) is 5.74. The number of rotatable bonds is 2. The summed E-state index contributed by atoms with van der Waals surface area (Å²) in [5.41, 5.74) is 1.33. The van der Waals surface area contributed by atoms with Crippen molar-refractivity contribution in [2.45, 2.75) is 6.92 Å². The Morgan fingerprint density at radius 1 is 1.23 bits per heavy atom. The first-order chi connectivity index (χ1) is 10.5. The highest BCUT2D eigenvalue weighted by Crippen LogP contribution is 2.21. The molecule has 3 rings (SSSR count). The lowest BCUT2D eigenvalue weighted by molar-refractivity contribution is 0.262. The van der Waals surface area contributed by atoms with Gasteiger partial charge in [-0.1, -0.05) is 18.2 Å². The molecule has 0 radical (unpaired) electrons. The molecule has 0 atom stereocenters. The Morgan fingerprint density at radius 3 is 2.64 bits per heavy atom. The molecule has 0 spiro atoms. The molecule has 0 aliphatic carbocycles. The fourth-order valence-corrected chi connectivity index (χ4v) is 2.86. The minimum Gasteiger partial charge on any atom is -0.316 e. The van der Waals surface area contributed by atoms with Crippen LogP contribution in [0.1, 0.15) is 5.69 Å². The van der Waals surface area contributed by atoms with Gasteiger partial charge in [-0.25, -0.2) is 9.78 Å². The quantitative estimate of drug-likeness (QED) is 0.763. The zero-order valence-electron chi connectivity index (χ0n) is 12.1. The number of benzene rings is 1. The summed E-state index contributed by atoms with van der Waals surface area (Å²) in [5.74, 6) is 0. The standard InChI is InChI=1S/C15H14N4O2S/c1-9-8-22-15(16-9)18-14(21)17-12-7-19(2)13(20)11-6-4-3-5-10(11)12/h3-8H,1-2H3,(H2,16,17,18,21). The van der Waals surface area contributed by atoms with Crippen molar-refractivity contribution in [1.82, 2.24) is 9.55 Å². The van der Waals surface area contributed by atoms with Crippen LogP contribution in [0, 0.1) is 6.92 Å². The number of carbonyl (C=O) groups excluding carboxylic acids is 1. The van der Waals surface area contributed by atoms with Crippen LogP contribution in [0.25, 0.3) is 10.8 Å². The Labute approximate surface area is 130 Å². The van der Waals surface area contributed by atoms with E-state index in [-0.39, 0.29) is 5.56 Å². The van der Waals surface area contributed by atoms with Crippen molar-refractivity contribution < 1.29 is 4.79 Å². The molecule has 1 aromatic carbocycles. The fourth-order valence-electron chi connectivity index (χ4n) is 2.18. The summed E-state index contributed by atoms with van der Waals surface area (Å²) in [6.45, 7) is 1.86. The second kappa shape index (κ2) is 5.61. The number of fused-ring (bicyclic) bond motifs is 1. The van der Waals surface area contributed by atoms with Crippen LogP contribution in [-0.4, -0.2) is 15.6 Å². The predicted molar refractivity (Wildman–Crippen MR) is 88.7 cm³/mol. The van der Waals surface area contributed by atoms with Crippen molar-refractivity contribution in [3.8, 4) is 0 Å². The lowest BCUT2D eigenvalue weighted by atomic mass is 10.1. The van der Waals surface area contributed by atoms with Gasteiger partial charge in [-0.05, 0) is 13.0 Å². The van der Waals surface area contributed by atoms with Crippen LogP contribution in [0.5, 0.6) is 0 Å². The number of amides is 2. The van der Waals surface area contributed by atoms with Gasteiger partial charge in [0, 0.05) is 29.4 Å². The Balaban J connectivity index is 1.92. The molecule has 22 heavy (non-hydrogen) atoms. The molecule has 3 aromatic rings. The van der Waals surface area contributed by atoms with Gasteiger partial charge in [0.25, 0.3) is 5.56 Å². The molecule has 0 saturated heterocycles. The number of hydrogen-bond donors (Lipinski definition) is 2. The molecule has 2 aromatic heterocycles. The third kappa shape index (κ3) is 2.71. The Kier molecular flexibility index (Phi) is 3.64. The van der Waals surface area contributed by atoms with E-state index >= 15 is 0 Å². The number of nitrogens with zero attached hydrogens (tertiary/aromatic N) is 2. The van der Waals surface area contributed by atoms with Crippen LogP contribution in [0.4, 0.5) is 15.6 Å². The number of thiazole rings is 1. The number of urea groups is 1. The highest BCUT2D eigenvalue weighted by molar-refractivity contribution is 7.13. The van der Waals surface area contributed by atoms with Crippen molar-refractivity contribution in [3.63, 3.8) is 0 Å². The smallest absolute Gasteiger partial charge is 0.316 e. The predicted octanol–water partition coefficient (Wildman–Crippen LogP) is 2.95. The highest BCUT2D eigenvalue weighted by Gasteiger charge is 2.10. The molecular formula is C15H14N4O2S. The number of aryl methyl sites for hydroxylation is 2. The summed E-state index contributed by atoms with van der Waals surface area (Å²) in [4.78, 5) is 28.4. The van der Waals surface area contributed by atoms with Crippen LogP contribution >= 0.6 is 11.3 Å². The van der Waals surface area contributed by atoms with Gasteiger partial charge in [0.1, 0.15) is 0 Å². The molecule has 112 valence electrons. The van der Waals surface area contributed by atoms with Crippen LogP contribution in [-0.2, 0) is 7.05 Å². The lowest BCUT2D eigenvalue weighted by Crippen LogP contribution is -2.22. The second-order valence-electron chi connectivity index (χ2n) is 4.88. The first-order valence-corrected chi connectivity index (χ1v) is 7.51. The van der Waals surface area contributed by atoms with Gasteiger partial charge in [-0.15, -0.1) is 11.3 Å². The molecule has 0 fully saturated rings. The maximum Gasteiger partial charge on any atom is 0.325 e. The van der Waals surface area contributed by atoms with Crippen LogP contribution in [0.3, 0.4) is 0 Å². The summed E-state index contributed by atoms with van der Waals surface area (Å²) in [5, 5.41) is 9.11. The summed E-state index contributed by atoms with van der Waals surface area (Å²) in [6, 6.07) is 6.78. The summed E-state index contributed by atoms with van der Waals surface area (Å²) in [6.07, 6.45) is 1.61. The van der Waals surface area contributed by atoms with Gasteiger partial charge in [0.05, 0.1) is 11.4 Å². The van der Waals surface area contributed by atoms with Gasteiger partial charge in [0.2, 0.25) is 0 Å². The normalized spacial score (nSPS) is 10.6. The van der Waals surface area contributed by atoms with Gasteiger partial charge in [-0.3, -0.25) is 10.1 Å². The SMILES string of the molecule is Cc1csc(NC(=O)Nc2cn(C)c(=O)c3ccccc23)n1. The highest BCUT2D eigenvalue weighted by atomic mass is 32.1. The molecule has 2 N–H and O–H groups in total. The molecular weight excluding hydrogens is 300 g/mol. The van der Waals surface area contributed by atoms with Crippen molar-refractivity contribution in [3.05, 3.63) is 51.9 Å². The molecule has 0 aliphatic rings. The molecule has 6 nitrogen and oxygen atoms in total. The number of carbonyl (C=O) groups is 1. The molecule has 0 saturated carbocycles. The van der Waals surface area contributed by atoms with E-state index in [0.717, 1.165) is 5.69 Å². The van der Waals surface area contributed by atoms with Gasteiger partial charge < -0.3 is 9.88 Å². The molecule has 2 amide bonds. The summed E-state index contributed by atoms with van der Waals surface area (Å²) in [7, 11) is 1.65. The largest absolute Gasteiger partial charge is 0.325 e. The van der Waals surface area contributed by atoms with Gasteiger partial charge in [0.15, 0.2) is 5.13 Å². The maximum atomic E-state index is 12.1. The Hall–Kier alpha value is -2.67. The van der Waals surface area contributed by atoms with E-state index in [1.807, 2.05) is 18.4 Å². The summed E-state index contributed by atoms with van der Waals surface area (Å²) < 4.78 is 1.45. The minimum absolute atomic E-state index is 0.0999. The van der Waals surface area contributed by atoms with E-state index in [0.29, 0.717) is 21.6 Å². The van der Waals surface area contributed by atoms with Crippen molar-refractivity contribution in [1.29, 1.82) is 0 Å². The van der Waals surface area contributed by atoms with E-state index in [9.17, 15) is 9.59 Å². The number of aromatic nitrogens is 2. The molecule has 7 heteroatoms. The average Bonchev–Trinajstić information content (AvgIpc) is 2.89. The Morgan fingerprint density at radius 2 is 1.95 bits per heavy atom. The zero-order valence-corrected chi connectivity index (χ0v) is 12.9. The fraction of sp³-hybridized carbons (Fsp3) is 0.133. The molecule has 0 aliphatic heterocycles. The number of anilines is 2. The van der Waals surface area contributed by atoms with Crippen LogP contribution in [0.15, 0.2) is 40.6 Å². The first-order valence-electron chi connectivity index (χ1n) is 6.63. The van der Waals surface area contributed by atoms with Crippen molar-refractivity contribution in [2.75, 3.05) is 10.6 Å². The van der Waals surface area contributed by atoms with E-state index in [1.54, 1.807) is 31.4 Å². The topological polar surface area (TPSA) is 76.0 Å². The van der Waals surface area contributed by atoms with E-state index < -0.39 is 6.03 Å². The third-order valence-corrected chi connectivity index (χ3v) is 4.05. The van der Waals surface area contributed by atoms with E-state index in [4.69, 9.17) is 0 Å². The minimum atomic E-state index is -0.391. The van der Waals surface area contributed by atoms with E-state index in [2.05, 4.69) is 15.6 Å². The van der Waals surface area contributed by atoms with Crippen molar-refractivity contribution >= 4 is 39.0 Å². The van der Waals surface area contributed by atoms with Gasteiger partial charge >= 0.3 is 6.03 Å². The Bertz CT molecular complexity index is 913. The zero-order chi connectivity index (χ0) is 15.7. The number of pyridine rings is 1.